The van der Waals surface area contributed by atoms with E-state index in [-0.39, 0.29) is 11.5 Å². The molecule has 0 unspecified atom stereocenters. The van der Waals surface area contributed by atoms with Gasteiger partial charge in [0.1, 0.15) is 11.6 Å². The summed E-state index contributed by atoms with van der Waals surface area (Å²) < 4.78 is 19.4. The van der Waals surface area contributed by atoms with Crippen LogP contribution in [0.2, 0.25) is 5.02 Å². The van der Waals surface area contributed by atoms with E-state index in [1.54, 1.807) is 42.3 Å². The third-order valence-electron chi connectivity index (χ3n) is 6.15. The molecule has 182 valence electrons. The van der Waals surface area contributed by atoms with Gasteiger partial charge in [-0.2, -0.15) is 0 Å². The first-order chi connectivity index (χ1) is 16.9. The van der Waals surface area contributed by atoms with Crippen LogP contribution in [0.25, 0.3) is 0 Å². The lowest BCUT2D eigenvalue weighted by Crippen LogP contribution is -2.48. The second-order valence-corrected chi connectivity index (χ2v) is 8.92. The molecule has 0 aromatic heterocycles. The first-order valence-electron chi connectivity index (χ1n) is 11.4. The fourth-order valence-electron chi connectivity index (χ4n) is 4.13. The predicted molar refractivity (Wildman–Crippen MR) is 135 cm³/mol. The van der Waals surface area contributed by atoms with E-state index in [0.717, 1.165) is 16.9 Å². The first-order valence-corrected chi connectivity index (χ1v) is 11.7. The van der Waals surface area contributed by atoms with Crippen molar-refractivity contribution in [2.45, 2.75) is 13.5 Å². The van der Waals surface area contributed by atoms with Gasteiger partial charge in [-0.25, -0.2) is 4.39 Å². The maximum Gasteiger partial charge on any atom is 0.258 e. The van der Waals surface area contributed by atoms with Gasteiger partial charge in [-0.05, 0) is 55.0 Å². The smallest absolute Gasteiger partial charge is 0.258 e. The average Bonchev–Trinajstić information content (AvgIpc) is 2.86. The van der Waals surface area contributed by atoms with Crippen molar-refractivity contribution in [1.82, 2.24) is 9.80 Å². The Kier molecular flexibility index (Phi) is 7.68. The molecule has 0 atom stereocenters. The van der Waals surface area contributed by atoms with E-state index < -0.39 is 11.7 Å². The van der Waals surface area contributed by atoms with E-state index in [1.165, 1.54) is 18.2 Å². The number of methoxy groups -OCH3 is 1. The fourth-order valence-corrected chi connectivity index (χ4v) is 4.32. The van der Waals surface area contributed by atoms with E-state index in [2.05, 4.69) is 10.2 Å². The van der Waals surface area contributed by atoms with Crippen LogP contribution in [-0.2, 0) is 6.54 Å². The second-order valence-electron chi connectivity index (χ2n) is 8.49. The number of benzene rings is 3. The molecule has 3 aromatic rings. The number of hydrogen-bond acceptors (Lipinski definition) is 4. The number of ether oxygens (including phenoxy) is 1. The maximum atomic E-state index is 14.0. The lowest BCUT2D eigenvalue weighted by Gasteiger charge is -2.35. The van der Waals surface area contributed by atoms with Crippen LogP contribution in [0.3, 0.4) is 0 Å². The molecular weight excluding hydrogens is 469 g/mol. The summed E-state index contributed by atoms with van der Waals surface area (Å²) in [6, 6.07) is 16.5. The minimum atomic E-state index is -0.594. The highest BCUT2D eigenvalue weighted by atomic mass is 35.5. The standard InChI is InChI=1S/C27H27ClFN3O3/c1-18-7-8-19(16-24(18)30-26(33)22-5-3-4-6-23(22)29)27(34)32-13-11-31(12-14-32)17-20-15-21(28)9-10-25(20)35-2/h3-10,15-16H,11-14,17H2,1-2H3,(H,30,33). The highest BCUT2D eigenvalue weighted by Gasteiger charge is 2.24. The molecular formula is C27H27ClFN3O3. The van der Waals surface area contributed by atoms with Crippen LogP contribution in [0.4, 0.5) is 10.1 Å². The molecule has 1 heterocycles. The van der Waals surface area contributed by atoms with Crippen LogP contribution in [-0.4, -0.2) is 54.9 Å². The number of anilines is 1. The highest BCUT2D eigenvalue weighted by molar-refractivity contribution is 6.30. The van der Waals surface area contributed by atoms with Gasteiger partial charge in [0.2, 0.25) is 0 Å². The maximum absolute atomic E-state index is 14.0. The number of aryl methyl sites for hydroxylation is 1. The third kappa shape index (κ3) is 5.81. The lowest BCUT2D eigenvalue weighted by molar-refractivity contribution is 0.0627. The van der Waals surface area contributed by atoms with Crippen molar-refractivity contribution in [3.05, 3.63) is 93.8 Å². The molecule has 6 nitrogen and oxygen atoms in total. The zero-order chi connectivity index (χ0) is 24.9. The van der Waals surface area contributed by atoms with Gasteiger partial charge in [0.25, 0.3) is 11.8 Å². The monoisotopic (exact) mass is 495 g/mol. The largest absolute Gasteiger partial charge is 0.496 e. The summed E-state index contributed by atoms with van der Waals surface area (Å²) in [5.41, 5.74) is 2.70. The summed E-state index contributed by atoms with van der Waals surface area (Å²) in [5, 5.41) is 3.39. The van der Waals surface area contributed by atoms with Crippen molar-refractivity contribution in [2.75, 3.05) is 38.6 Å². The summed E-state index contributed by atoms with van der Waals surface area (Å²) >= 11 is 6.15. The van der Waals surface area contributed by atoms with Gasteiger partial charge < -0.3 is 15.0 Å². The zero-order valence-electron chi connectivity index (χ0n) is 19.7. The van der Waals surface area contributed by atoms with Crippen LogP contribution in [0.1, 0.15) is 31.8 Å². The first kappa shape index (κ1) is 24.7. The highest BCUT2D eigenvalue weighted by Crippen LogP contribution is 2.25. The number of piperazine rings is 1. The van der Waals surface area contributed by atoms with E-state index in [4.69, 9.17) is 16.3 Å². The molecule has 0 radical (unpaired) electrons. The minimum Gasteiger partial charge on any atom is -0.496 e. The Morgan fingerprint density at radius 1 is 1.03 bits per heavy atom. The Bertz CT molecular complexity index is 1240. The molecule has 3 aromatic carbocycles. The van der Waals surface area contributed by atoms with Crippen molar-refractivity contribution < 1.29 is 18.7 Å². The molecule has 1 aliphatic heterocycles. The second kappa shape index (κ2) is 10.9. The molecule has 1 aliphatic rings. The van der Waals surface area contributed by atoms with Gasteiger partial charge in [0.05, 0.1) is 12.7 Å². The van der Waals surface area contributed by atoms with Gasteiger partial charge in [-0.15, -0.1) is 0 Å². The molecule has 0 aliphatic carbocycles. The fraction of sp³-hybridized carbons (Fsp3) is 0.259. The number of rotatable bonds is 6. The number of nitrogens with zero attached hydrogens (tertiary/aromatic N) is 2. The topological polar surface area (TPSA) is 61.9 Å². The van der Waals surface area contributed by atoms with Gasteiger partial charge >= 0.3 is 0 Å². The van der Waals surface area contributed by atoms with Crippen molar-refractivity contribution in [3.8, 4) is 5.75 Å². The summed E-state index contributed by atoms with van der Waals surface area (Å²) in [5.74, 6) is -0.465. The Balaban J connectivity index is 1.40. The Labute approximate surface area is 209 Å². The predicted octanol–water partition coefficient (Wildman–Crippen LogP) is 5.01. The van der Waals surface area contributed by atoms with E-state index >= 15 is 0 Å². The van der Waals surface area contributed by atoms with Crippen molar-refractivity contribution in [1.29, 1.82) is 0 Å². The van der Waals surface area contributed by atoms with E-state index in [0.29, 0.717) is 49.0 Å². The molecule has 1 saturated heterocycles. The number of carbonyl (C=O) groups excluding carboxylic acids is 2. The average molecular weight is 496 g/mol. The lowest BCUT2D eigenvalue weighted by atomic mass is 10.1. The van der Waals surface area contributed by atoms with E-state index in [1.807, 2.05) is 19.1 Å². The Morgan fingerprint density at radius 3 is 2.49 bits per heavy atom. The van der Waals surface area contributed by atoms with Gasteiger partial charge in [0, 0.05) is 54.6 Å². The van der Waals surface area contributed by atoms with E-state index in [9.17, 15) is 14.0 Å². The molecule has 1 N–H and O–H groups in total. The number of halogens is 2. The number of carbonyl (C=O) groups is 2. The summed E-state index contributed by atoms with van der Waals surface area (Å²) in [7, 11) is 1.64. The number of hydrogen-bond donors (Lipinski definition) is 1. The molecule has 35 heavy (non-hydrogen) atoms. The van der Waals surface area contributed by atoms with Crippen LogP contribution in [0.15, 0.2) is 60.7 Å². The quantitative estimate of drug-likeness (QED) is 0.522. The summed E-state index contributed by atoms with van der Waals surface area (Å²) in [6.45, 7) is 5.09. The molecule has 8 heteroatoms. The molecule has 0 spiro atoms. The van der Waals surface area contributed by atoms with Crippen molar-refractivity contribution in [2.24, 2.45) is 0 Å². The zero-order valence-corrected chi connectivity index (χ0v) is 20.4. The minimum absolute atomic E-state index is 0.0453. The molecule has 0 bridgehead atoms. The number of amides is 2. The molecule has 1 fully saturated rings. The third-order valence-corrected chi connectivity index (χ3v) is 6.38. The van der Waals surface area contributed by atoms with Gasteiger partial charge in [-0.1, -0.05) is 29.8 Å². The Hall–Kier alpha value is -3.42. The summed E-state index contributed by atoms with van der Waals surface area (Å²) in [4.78, 5) is 29.8. The van der Waals surface area contributed by atoms with Crippen molar-refractivity contribution >= 4 is 29.1 Å². The number of nitrogens with one attached hydrogen (secondary N) is 1. The van der Waals surface area contributed by atoms with Gasteiger partial charge in [-0.3, -0.25) is 14.5 Å². The van der Waals surface area contributed by atoms with Crippen LogP contribution < -0.4 is 10.1 Å². The summed E-state index contributed by atoms with van der Waals surface area (Å²) in [6.07, 6.45) is 0. The van der Waals surface area contributed by atoms with Crippen LogP contribution >= 0.6 is 11.6 Å². The van der Waals surface area contributed by atoms with Crippen molar-refractivity contribution in [3.63, 3.8) is 0 Å². The Morgan fingerprint density at radius 2 is 1.77 bits per heavy atom. The van der Waals surface area contributed by atoms with Crippen LogP contribution in [0.5, 0.6) is 5.75 Å². The normalized spacial score (nSPS) is 14.0. The molecule has 0 saturated carbocycles. The SMILES string of the molecule is COc1ccc(Cl)cc1CN1CCN(C(=O)c2ccc(C)c(NC(=O)c3ccccc3F)c2)CC1. The molecule has 2 amide bonds. The van der Waals surface area contributed by atoms with Gasteiger partial charge in [0.15, 0.2) is 0 Å². The van der Waals surface area contributed by atoms with Crippen LogP contribution in [0, 0.1) is 12.7 Å². The molecule has 4 rings (SSSR count).